The van der Waals surface area contributed by atoms with Crippen LogP contribution in [0.5, 0.6) is 0 Å². The molecule has 0 aromatic carbocycles. The van der Waals surface area contributed by atoms with E-state index >= 15 is 0 Å². The predicted octanol–water partition coefficient (Wildman–Crippen LogP) is 3.14. The Balaban J connectivity index is 1.86. The Kier molecular flexibility index (Phi) is 4.89. The molecule has 98 valence electrons. The number of carbonyl (C=O) groups excluding carboxylic acids is 1. The Bertz CT molecular complexity index is 402. The van der Waals surface area contributed by atoms with E-state index in [1.54, 1.807) is 12.1 Å². The SMILES string of the molecule is CSC1CCC(NC(=O)c2ccc(Cl)nc2)CC1. The van der Waals surface area contributed by atoms with E-state index < -0.39 is 0 Å². The van der Waals surface area contributed by atoms with Crippen LogP contribution in [0.2, 0.25) is 5.15 Å². The highest BCUT2D eigenvalue weighted by atomic mass is 35.5. The molecule has 1 fully saturated rings. The number of aromatic nitrogens is 1. The number of nitrogens with one attached hydrogen (secondary N) is 1. The molecule has 5 heteroatoms. The lowest BCUT2D eigenvalue weighted by atomic mass is 9.95. The average Bonchev–Trinajstić information content (AvgIpc) is 2.40. The van der Waals surface area contributed by atoms with E-state index in [-0.39, 0.29) is 5.91 Å². The molecular weight excluding hydrogens is 268 g/mol. The summed E-state index contributed by atoms with van der Waals surface area (Å²) in [6, 6.07) is 3.65. The van der Waals surface area contributed by atoms with Crippen molar-refractivity contribution in [3.05, 3.63) is 29.0 Å². The van der Waals surface area contributed by atoms with Gasteiger partial charge in [-0.05, 0) is 44.1 Å². The molecule has 1 aromatic rings. The van der Waals surface area contributed by atoms with Crippen LogP contribution in [0.1, 0.15) is 36.0 Å². The first-order chi connectivity index (χ1) is 8.69. The lowest BCUT2D eigenvalue weighted by Crippen LogP contribution is -2.38. The van der Waals surface area contributed by atoms with Gasteiger partial charge in [-0.3, -0.25) is 4.79 Å². The number of carbonyl (C=O) groups is 1. The van der Waals surface area contributed by atoms with E-state index in [0.717, 1.165) is 18.1 Å². The molecule has 0 atom stereocenters. The van der Waals surface area contributed by atoms with Gasteiger partial charge >= 0.3 is 0 Å². The highest BCUT2D eigenvalue weighted by molar-refractivity contribution is 7.99. The number of hydrogen-bond donors (Lipinski definition) is 1. The summed E-state index contributed by atoms with van der Waals surface area (Å²) in [6.07, 6.45) is 8.18. The van der Waals surface area contributed by atoms with Crippen LogP contribution < -0.4 is 5.32 Å². The molecule has 1 saturated carbocycles. The van der Waals surface area contributed by atoms with Gasteiger partial charge in [-0.1, -0.05) is 11.6 Å². The highest BCUT2D eigenvalue weighted by Gasteiger charge is 2.22. The second-order valence-corrected chi connectivity index (χ2v) is 6.08. The quantitative estimate of drug-likeness (QED) is 0.867. The second-order valence-electron chi connectivity index (χ2n) is 4.55. The van der Waals surface area contributed by atoms with Crippen LogP contribution in [-0.2, 0) is 0 Å². The molecule has 1 aromatic heterocycles. The van der Waals surface area contributed by atoms with Gasteiger partial charge in [0.25, 0.3) is 5.91 Å². The molecular formula is C13H17ClN2OS. The minimum Gasteiger partial charge on any atom is -0.349 e. The maximum Gasteiger partial charge on any atom is 0.253 e. The van der Waals surface area contributed by atoms with E-state index in [0.29, 0.717) is 16.8 Å². The van der Waals surface area contributed by atoms with Gasteiger partial charge in [0.2, 0.25) is 0 Å². The van der Waals surface area contributed by atoms with Crippen molar-refractivity contribution in [2.45, 2.75) is 37.0 Å². The first-order valence-electron chi connectivity index (χ1n) is 6.14. The van der Waals surface area contributed by atoms with Crippen molar-refractivity contribution >= 4 is 29.3 Å². The summed E-state index contributed by atoms with van der Waals surface area (Å²) in [5.41, 5.74) is 0.575. The van der Waals surface area contributed by atoms with Crippen molar-refractivity contribution < 1.29 is 4.79 Å². The maximum atomic E-state index is 12.0. The minimum absolute atomic E-state index is 0.0493. The third-order valence-corrected chi connectivity index (χ3v) is 4.69. The normalized spacial score (nSPS) is 23.7. The third kappa shape index (κ3) is 3.62. The van der Waals surface area contributed by atoms with E-state index in [4.69, 9.17) is 11.6 Å². The largest absolute Gasteiger partial charge is 0.349 e. The van der Waals surface area contributed by atoms with Crippen molar-refractivity contribution in [2.24, 2.45) is 0 Å². The number of thioether (sulfide) groups is 1. The standard InChI is InChI=1S/C13H17ClN2OS/c1-18-11-5-3-10(4-6-11)16-13(17)9-2-7-12(14)15-8-9/h2,7-8,10-11H,3-6H2,1H3,(H,16,17). The first kappa shape index (κ1) is 13.7. The van der Waals surface area contributed by atoms with Gasteiger partial charge in [-0.2, -0.15) is 11.8 Å². The average molecular weight is 285 g/mol. The molecule has 0 radical (unpaired) electrons. The van der Waals surface area contributed by atoms with E-state index in [1.807, 2.05) is 11.8 Å². The topological polar surface area (TPSA) is 42.0 Å². The van der Waals surface area contributed by atoms with E-state index in [1.165, 1.54) is 19.0 Å². The molecule has 1 N–H and O–H groups in total. The van der Waals surface area contributed by atoms with Crippen LogP contribution in [0, 0.1) is 0 Å². The zero-order valence-electron chi connectivity index (χ0n) is 10.4. The van der Waals surface area contributed by atoms with Crippen molar-refractivity contribution in [1.29, 1.82) is 0 Å². The van der Waals surface area contributed by atoms with Gasteiger partial charge in [-0.25, -0.2) is 4.98 Å². The number of hydrogen-bond acceptors (Lipinski definition) is 3. The molecule has 1 amide bonds. The molecule has 18 heavy (non-hydrogen) atoms. The molecule has 0 saturated heterocycles. The van der Waals surface area contributed by atoms with E-state index in [2.05, 4.69) is 16.6 Å². The zero-order chi connectivity index (χ0) is 13.0. The van der Waals surface area contributed by atoms with Crippen LogP contribution >= 0.6 is 23.4 Å². The van der Waals surface area contributed by atoms with Crippen LogP contribution in [-0.4, -0.2) is 28.4 Å². The molecule has 1 aliphatic rings. The van der Waals surface area contributed by atoms with E-state index in [9.17, 15) is 4.79 Å². The van der Waals surface area contributed by atoms with Crippen molar-refractivity contribution in [1.82, 2.24) is 10.3 Å². The summed E-state index contributed by atoms with van der Waals surface area (Å²) in [5, 5.41) is 4.24. The number of rotatable bonds is 3. The van der Waals surface area contributed by atoms with Crippen LogP contribution in [0.25, 0.3) is 0 Å². The number of amides is 1. The van der Waals surface area contributed by atoms with Gasteiger partial charge in [0.15, 0.2) is 0 Å². The molecule has 1 aliphatic carbocycles. The highest BCUT2D eigenvalue weighted by Crippen LogP contribution is 2.26. The summed E-state index contributed by atoms with van der Waals surface area (Å²) >= 11 is 7.62. The monoisotopic (exact) mass is 284 g/mol. The molecule has 0 spiro atoms. The summed E-state index contributed by atoms with van der Waals surface area (Å²) in [6.45, 7) is 0. The number of pyridine rings is 1. The molecule has 0 bridgehead atoms. The smallest absolute Gasteiger partial charge is 0.253 e. The lowest BCUT2D eigenvalue weighted by molar-refractivity contribution is 0.0928. The van der Waals surface area contributed by atoms with Crippen molar-refractivity contribution in [3.63, 3.8) is 0 Å². The zero-order valence-corrected chi connectivity index (χ0v) is 11.9. The van der Waals surface area contributed by atoms with Crippen LogP contribution in [0.15, 0.2) is 18.3 Å². The lowest BCUT2D eigenvalue weighted by Gasteiger charge is -2.28. The van der Waals surface area contributed by atoms with Crippen LogP contribution in [0.3, 0.4) is 0 Å². The molecule has 0 unspecified atom stereocenters. The summed E-state index contributed by atoms with van der Waals surface area (Å²) < 4.78 is 0. The Morgan fingerprint density at radius 2 is 2.11 bits per heavy atom. The Morgan fingerprint density at radius 3 is 2.67 bits per heavy atom. The van der Waals surface area contributed by atoms with Crippen LogP contribution in [0.4, 0.5) is 0 Å². The van der Waals surface area contributed by atoms with Gasteiger partial charge in [-0.15, -0.1) is 0 Å². The molecule has 3 nitrogen and oxygen atoms in total. The van der Waals surface area contributed by atoms with Gasteiger partial charge < -0.3 is 5.32 Å². The van der Waals surface area contributed by atoms with Crippen molar-refractivity contribution in [2.75, 3.05) is 6.26 Å². The fourth-order valence-corrected chi connectivity index (χ4v) is 3.08. The van der Waals surface area contributed by atoms with Gasteiger partial charge in [0.05, 0.1) is 5.56 Å². The Labute approximate surface area is 117 Å². The minimum atomic E-state index is -0.0493. The molecule has 1 heterocycles. The van der Waals surface area contributed by atoms with Gasteiger partial charge in [0.1, 0.15) is 5.15 Å². The summed E-state index contributed by atoms with van der Waals surface area (Å²) in [4.78, 5) is 15.9. The first-order valence-corrected chi connectivity index (χ1v) is 7.81. The van der Waals surface area contributed by atoms with Crippen molar-refractivity contribution in [3.8, 4) is 0 Å². The maximum absolute atomic E-state index is 12.0. The molecule has 2 rings (SSSR count). The Hall–Kier alpha value is -0.740. The fourth-order valence-electron chi connectivity index (χ4n) is 2.22. The molecule has 0 aliphatic heterocycles. The summed E-state index contributed by atoms with van der Waals surface area (Å²) in [5.74, 6) is -0.0493. The van der Waals surface area contributed by atoms with Gasteiger partial charge in [0, 0.05) is 17.5 Å². The number of nitrogens with zero attached hydrogens (tertiary/aromatic N) is 1. The second kappa shape index (κ2) is 6.43. The summed E-state index contributed by atoms with van der Waals surface area (Å²) in [7, 11) is 0. The predicted molar refractivity (Wildman–Crippen MR) is 76.3 cm³/mol. The Morgan fingerprint density at radius 1 is 1.39 bits per heavy atom. The third-order valence-electron chi connectivity index (χ3n) is 3.33. The number of halogens is 1. The fraction of sp³-hybridized carbons (Fsp3) is 0.538.